The van der Waals surface area contributed by atoms with Crippen molar-refractivity contribution >= 4 is 17.9 Å². The molecule has 4 N–H and O–H groups in total. The molecule has 3 atom stereocenters. The van der Waals surface area contributed by atoms with Gasteiger partial charge in [-0.1, -0.05) is 11.6 Å². The Bertz CT molecular complexity index is 137. The summed E-state index contributed by atoms with van der Waals surface area (Å²) in [6.07, 6.45) is -3.72. The van der Waals surface area contributed by atoms with E-state index in [1.54, 1.807) is 0 Å². The van der Waals surface area contributed by atoms with Crippen LogP contribution in [0.25, 0.3) is 0 Å². The van der Waals surface area contributed by atoms with Crippen molar-refractivity contribution in [2.75, 3.05) is 6.61 Å². The van der Waals surface area contributed by atoms with E-state index in [2.05, 4.69) is 0 Å². The molecule has 0 aliphatic rings. The summed E-state index contributed by atoms with van der Waals surface area (Å²) in [6, 6.07) is 0. The minimum Gasteiger partial charge on any atom is -0.394 e. The fourth-order valence-electron chi connectivity index (χ4n) is 0.421. The minimum absolute atomic E-state index is 0.0358. The van der Waals surface area contributed by atoms with Gasteiger partial charge in [0.1, 0.15) is 6.10 Å². The molecule has 0 amide bonds. The number of halogens is 1. The molecule has 0 spiro atoms. The molecule has 11 heavy (non-hydrogen) atoms. The van der Waals surface area contributed by atoms with Crippen LogP contribution in [0.5, 0.6) is 0 Å². The Labute approximate surface area is 67.8 Å². The molecule has 0 radical (unpaired) electrons. The molecule has 0 bridgehead atoms. The summed E-state index contributed by atoms with van der Waals surface area (Å²) < 4.78 is 0. The third-order valence-electron chi connectivity index (χ3n) is 1.18. The standard InChI is InChI=1S/C5H9ClO5/c6-5(11,3(9)1-7)4(10)2-8/h1,3-4,8-11H,2H2/t3-,4+,5-/m0/s1. The lowest BCUT2D eigenvalue weighted by Crippen LogP contribution is -2.49. The molecule has 0 saturated heterocycles. The molecule has 0 rings (SSSR count). The number of hydrogen-bond donors (Lipinski definition) is 4. The summed E-state index contributed by atoms with van der Waals surface area (Å²) >= 11 is 5.10. The third-order valence-corrected chi connectivity index (χ3v) is 1.66. The van der Waals surface area contributed by atoms with Crippen LogP contribution in [-0.2, 0) is 4.79 Å². The number of carbonyl (C=O) groups is 1. The smallest absolute Gasteiger partial charge is 0.199 e. The van der Waals surface area contributed by atoms with E-state index in [1.165, 1.54) is 0 Å². The summed E-state index contributed by atoms with van der Waals surface area (Å²) in [6.45, 7) is -0.842. The van der Waals surface area contributed by atoms with Crippen LogP contribution < -0.4 is 0 Å². The zero-order valence-electron chi connectivity index (χ0n) is 5.51. The van der Waals surface area contributed by atoms with Gasteiger partial charge in [0.05, 0.1) is 6.61 Å². The average Bonchev–Trinajstić information content (AvgIpc) is 2.01. The van der Waals surface area contributed by atoms with E-state index >= 15 is 0 Å². The fourth-order valence-corrected chi connectivity index (χ4v) is 0.541. The molecule has 0 aliphatic heterocycles. The van der Waals surface area contributed by atoms with Gasteiger partial charge in [-0.05, 0) is 0 Å². The van der Waals surface area contributed by atoms with Gasteiger partial charge < -0.3 is 25.2 Å². The number of aliphatic hydroxyl groups excluding tert-OH is 3. The van der Waals surface area contributed by atoms with Crippen molar-refractivity contribution in [2.24, 2.45) is 0 Å². The van der Waals surface area contributed by atoms with Crippen molar-refractivity contribution in [3.63, 3.8) is 0 Å². The molecule has 0 aliphatic carbocycles. The molecule has 0 fully saturated rings. The van der Waals surface area contributed by atoms with E-state index in [9.17, 15) is 4.79 Å². The Morgan fingerprint density at radius 2 is 2.00 bits per heavy atom. The molecule has 0 aromatic rings. The summed E-state index contributed by atoms with van der Waals surface area (Å²) in [5.74, 6) is 0. The van der Waals surface area contributed by atoms with Gasteiger partial charge in [0, 0.05) is 0 Å². The van der Waals surface area contributed by atoms with Gasteiger partial charge in [-0.25, -0.2) is 0 Å². The van der Waals surface area contributed by atoms with Crippen molar-refractivity contribution in [3.05, 3.63) is 0 Å². The van der Waals surface area contributed by atoms with E-state index in [0.717, 1.165) is 0 Å². The number of aliphatic hydroxyl groups is 4. The SMILES string of the molecule is O=C[C@H](O)[C@@](O)(Cl)[C@H](O)CO. The van der Waals surface area contributed by atoms with Crippen molar-refractivity contribution < 1.29 is 25.2 Å². The van der Waals surface area contributed by atoms with Crippen LogP contribution in [0.3, 0.4) is 0 Å². The molecular weight excluding hydrogens is 176 g/mol. The second kappa shape index (κ2) is 3.99. The first-order chi connectivity index (χ1) is 4.96. The number of rotatable bonds is 4. The zero-order valence-corrected chi connectivity index (χ0v) is 6.27. The highest BCUT2D eigenvalue weighted by Crippen LogP contribution is 2.19. The molecule has 0 aromatic heterocycles. The summed E-state index contributed by atoms with van der Waals surface area (Å²) in [4.78, 5) is 9.88. The predicted molar refractivity (Wildman–Crippen MR) is 36.0 cm³/mol. The van der Waals surface area contributed by atoms with Crippen LogP contribution >= 0.6 is 11.6 Å². The van der Waals surface area contributed by atoms with Crippen LogP contribution in [0.1, 0.15) is 0 Å². The van der Waals surface area contributed by atoms with Crippen molar-refractivity contribution in [1.29, 1.82) is 0 Å². The predicted octanol–water partition coefficient (Wildman–Crippen LogP) is -2.17. The largest absolute Gasteiger partial charge is 0.394 e. The molecule has 6 heteroatoms. The van der Waals surface area contributed by atoms with Crippen LogP contribution in [0.15, 0.2) is 0 Å². The van der Waals surface area contributed by atoms with Gasteiger partial charge in [-0.15, -0.1) is 0 Å². The summed E-state index contributed by atoms with van der Waals surface area (Å²) in [5.41, 5.74) is 0. The first-order valence-electron chi connectivity index (χ1n) is 2.80. The maximum Gasteiger partial charge on any atom is 0.199 e. The molecule has 66 valence electrons. The van der Waals surface area contributed by atoms with Crippen LogP contribution in [0, 0.1) is 0 Å². The van der Waals surface area contributed by atoms with Crippen LogP contribution in [-0.4, -0.2) is 50.6 Å². The highest BCUT2D eigenvalue weighted by molar-refractivity contribution is 6.24. The van der Waals surface area contributed by atoms with Crippen LogP contribution in [0.2, 0.25) is 0 Å². The van der Waals surface area contributed by atoms with E-state index in [-0.39, 0.29) is 6.29 Å². The first kappa shape index (κ1) is 10.8. The van der Waals surface area contributed by atoms with Gasteiger partial charge in [0.2, 0.25) is 0 Å². The number of hydrogen-bond acceptors (Lipinski definition) is 5. The van der Waals surface area contributed by atoms with Crippen molar-refractivity contribution in [3.8, 4) is 0 Å². The van der Waals surface area contributed by atoms with Gasteiger partial charge in [-0.3, -0.25) is 0 Å². The topological polar surface area (TPSA) is 98.0 Å². The lowest BCUT2D eigenvalue weighted by molar-refractivity contribution is -0.135. The Hall–Kier alpha value is -0.200. The fraction of sp³-hybridized carbons (Fsp3) is 0.800. The Kier molecular flexibility index (Phi) is 3.91. The van der Waals surface area contributed by atoms with E-state index in [4.69, 9.17) is 32.0 Å². The van der Waals surface area contributed by atoms with E-state index < -0.39 is 23.9 Å². The number of alkyl halides is 1. The summed E-state index contributed by atoms with van der Waals surface area (Å²) in [5, 5.41) is 32.1. The second-order valence-corrected chi connectivity index (χ2v) is 2.61. The van der Waals surface area contributed by atoms with Gasteiger partial charge in [0.25, 0.3) is 0 Å². The van der Waals surface area contributed by atoms with Gasteiger partial charge >= 0.3 is 0 Å². The number of aldehydes is 1. The lowest BCUT2D eigenvalue weighted by Gasteiger charge is -2.26. The first-order valence-corrected chi connectivity index (χ1v) is 3.18. The Balaban J connectivity index is 4.29. The minimum atomic E-state index is -2.52. The average molecular weight is 185 g/mol. The van der Waals surface area contributed by atoms with E-state index in [1.807, 2.05) is 0 Å². The zero-order chi connectivity index (χ0) is 9.07. The maximum atomic E-state index is 9.88. The molecule has 5 nitrogen and oxygen atoms in total. The molecule has 0 aromatic carbocycles. The van der Waals surface area contributed by atoms with Gasteiger partial charge in [0.15, 0.2) is 17.5 Å². The third kappa shape index (κ3) is 2.39. The van der Waals surface area contributed by atoms with E-state index in [0.29, 0.717) is 0 Å². The maximum absolute atomic E-state index is 9.88. The lowest BCUT2D eigenvalue weighted by atomic mass is 10.1. The molecule has 0 unspecified atom stereocenters. The van der Waals surface area contributed by atoms with Crippen molar-refractivity contribution in [1.82, 2.24) is 0 Å². The highest BCUT2D eigenvalue weighted by atomic mass is 35.5. The quantitative estimate of drug-likeness (QED) is 0.294. The second-order valence-electron chi connectivity index (χ2n) is 2.01. The Morgan fingerprint density at radius 3 is 2.27 bits per heavy atom. The highest BCUT2D eigenvalue weighted by Gasteiger charge is 2.40. The summed E-state index contributed by atoms with van der Waals surface area (Å²) in [7, 11) is 0. The molecule has 0 saturated carbocycles. The normalized spacial score (nSPS) is 21.9. The Morgan fingerprint density at radius 1 is 1.55 bits per heavy atom. The van der Waals surface area contributed by atoms with Crippen molar-refractivity contribution in [2.45, 2.75) is 17.3 Å². The van der Waals surface area contributed by atoms with Crippen LogP contribution in [0.4, 0.5) is 0 Å². The van der Waals surface area contributed by atoms with Gasteiger partial charge in [-0.2, -0.15) is 0 Å². The molecular formula is C5H9ClO5. The molecule has 0 heterocycles. The number of carbonyl (C=O) groups excluding carboxylic acids is 1. The monoisotopic (exact) mass is 184 g/mol.